The summed E-state index contributed by atoms with van der Waals surface area (Å²) < 4.78 is 5.86. The summed E-state index contributed by atoms with van der Waals surface area (Å²) in [7, 11) is 0. The minimum atomic E-state index is -0.290. The SMILES string of the molecule is CCN(CC)C(=O)c1cc(COC(C)(C)C)cc(C(=O)N(CC)CC)c1. The van der Waals surface area contributed by atoms with Crippen LogP contribution in [0.25, 0.3) is 0 Å². The molecule has 0 bridgehead atoms. The molecule has 5 nitrogen and oxygen atoms in total. The summed E-state index contributed by atoms with van der Waals surface area (Å²) in [5.74, 6) is -0.109. The molecule has 0 aromatic heterocycles. The molecule has 1 aromatic carbocycles. The van der Waals surface area contributed by atoms with Gasteiger partial charge >= 0.3 is 0 Å². The van der Waals surface area contributed by atoms with Crippen molar-refractivity contribution in [1.82, 2.24) is 9.80 Å². The van der Waals surface area contributed by atoms with E-state index in [9.17, 15) is 9.59 Å². The molecule has 0 unspecified atom stereocenters. The lowest BCUT2D eigenvalue weighted by molar-refractivity contribution is -0.0149. The summed E-state index contributed by atoms with van der Waals surface area (Å²) in [6.07, 6.45) is 0. The summed E-state index contributed by atoms with van der Waals surface area (Å²) in [6.45, 7) is 16.7. The standard InChI is InChI=1S/C21H34N2O3/c1-8-22(9-2)19(24)17-12-16(15-26-21(5,6)7)13-18(14-17)20(25)23(10-3)11-4/h12-14H,8-11,15H2,1-7H3. The van der Waals surface area contributed by atoms with Crippen LogP contribution in [-0.4, -0.2) is 53.4 Å². The van der Waals surface area contributed by atoms with E-state index in [2.05, 4.69) is 0 Å². The largest absolute Gasteiger partial charge is 0.371 e. The van der Waals surface area contributed by atoms with Crippen molar-refractivity contribution >= 4 is 11.8 Å². The highest BCUT2D eigenvalue weighted by Gasteiger charge is 2.20. The first-order valence-electron chi connectivity index (χ1n) is 9.53. The van der Waals surface area contributed by atoms with Gasteiger partial charge < -0.3 is 14.5 Å². The van der Waals surface area contributed by atoms with Crippen LogP contribution in [0.3, 0.4) is 0 Å². The minimum Gasteiger partial charge on any atom is -0.371 e. The van der Waals surface area contributed by atoms with Crippen molar-refractivity contribution in [3.63, 3.8) is 0 Å². The van der Waals surface area contributed by atoms with Gasteiger partial charge in [0.25, 0.3) is 11.8 Å². The molecule has 0 N–H and O–H groups in total. The summed E-state index contributed by atoms with van der Waals surface area (Å²) in [5, 5.41) is 0. The molecule has 1 rings (SSSR count). The molecule has 0 heterocycles. The van der Waals surface area contributed by atoms with E-state index in [0.29, 0.717) is 43.9 Å². The Balaban J connectivity index is 3.29. The third-order valence-electron chi connectivity index (χ3n) is 4.26. The molecular weight excluding hydrogens is 328 g/mol. The summed E-state index contributed by atoms with van der Waals surface area (Å²) in [6, 6.07) is 5.39. The minimum absolute atomic E-state index is 0.0544. The molecule has 5 heteroatoms. The van der Waals surface area contributed by atoms with E-state index in [1.165, 1.54) is 0 Å². The lowest BCUT2D eigenvalue weighted by atomic mass is 10.0. The summed E-state index contributed by atoms with van der Waals surface area (Å²) in [5.41, 5.74) is 1.63. The monoisotopic (exact) mass is 362 g/mol. The molecule has 0 aliphatic rings. The van der Waals surface area contributed by atoms with Crippen LogP contribution in [-0.2, 0) is 11.3 Å². The molecule has 0 aliphatic heterocycles. The van der Waals surface area contributed by atoms with Crippen molar-refractivity contribution in [3.05, 3.63) is 34.9 Å². The number of hydrogen-bond donors (Lipinski definition) is 0. The fourth-order valence-electron chi connectivity index (χ4n) is 2.71. The molecule has 26 heavy (non-hydrogen) atoms. The van der Waals surface area contributed by atoms with Crippen molar-refractivity contribution in [2.75, 3.05) is 26.2 Å². The number of carbonyl (C=O) groups excluding carboxylic acids is 2. The van der Waals surface area contributed by atoms with E-state index in [1.54, 1.807) is 15.9 Å². The summed E-state index contributed by atoms with van der Waals surface area (Å²) in [4.78, 5) is 29.1. The van der Waals surface area contributed by atoms with Gasteiger partial charge in [0.05, 0.1) is 12.2 Å². The van der Waals surface area contributed by atoms with E-state index in [-0.39, 0.29) is 17.4 Å². The predicted molar refractivity (Wildman–Crippen MR) is 105 cm³/mol. The summed E-state index contributed by atoms with van der Waals surface area (Å²) >= 11 is 0. The first-order valence-corrected chi connectivity index (χ1v) is 9.53. The van der Waals surface area contributed by atoms with Crippen LogP contribution in [0.1, 0.15) is 74.7 Å². The molecule has 1 aromatic rings. The Morgan fingerprint density at radius 1 is 0.808 bits per heavy atom. The Labute approximate surface area is 158 Å². The number of hydrogen-bond acceptors (Lipinski definition) is 3. The fourth-order valence-corrected chi connectivity index (χ4v) is 2.71. The van der Waals surface area contributed by atoms with Crippen molar-refractivity contribution < 1.29 is 14.3 Å². The second-order valence-corrected chi connectivity index (χ2v) is 7.27. The van der Waals surface area contributed by atoms with Crippen LogP contribution in [0, 0.1) is 0 Å². The number of rotatable bonds is 8. The first-order chi connectivity index (χ1) is 12.2. The van der Waals surface area contributed by atoms with E-state index < -0.39 is 0 Å². The maximum Gasteiger partial charge on any atom is 0.253 e. The number of benzene rings is 1. The number of ether oxygens (including phenoxy) is 1. The van der Waals surface area contributed by atoms with Gasteiger partial charge in [0.1, 0.15) is 0 Å². The molecule has 2 amide bonds. The van der Waals surface area contributed by atoms with Gasteiger partial charge in [-0.1, -0.05) is 0 Å². The maximum absolute atomic E-state index is 12.8. The third kappa shape index (κ3) is 6.13. The van der Waals surface area contributed by atoms with Crippen LogP contribution in [0.15, 0.2) is 18.2 Å². The van der Waals surface area contributed by atoms with E-state index in [1.807, 2.05) is 60.6 Å². The molecular formula is C21H34N2O3. The maximum atomic E-state index is 12.8. The van der Waals surface area contributed by atoms with Gasteiger partial charge in [-0.3, -0.25) is 9.59 Å². The van der Waals surface area contributed by atoms with Crippen LogP contribution in [0.5, 0.6) is 0 Å². The Kier molecular flexibility index (Phi) is 8.28. The Bertz CT molecular complexity index is 570. The van der Waals surface area contributed by atoms with Crippen molar-refractivity contribution in [2.24, 2.45) is 0 Å². The number of amides is 2. The smallest absolute Gasteiger partial charge is 0.253 e. The van der Waals surface area contributed by atoms with Crippen LogP contribution in [0.2, 0.25) is 0 Å². The van der Waals surface area contributed by atoms with Gasteiger partial charge in [0.2, 0.25) is 0 Å². The molecule has 0 fully saturated rings. The van der Waals surface area contributed by atoms with Gasteiger partial charge in [0.15, 0.2) is 0 Å². The number of carbonyl (C=O) groups is 2. The Morgan fingerprint density at radius 3 is 1.50 bits per heavy atom. The zero-order valence-electron chi connectivity index (χ0n) is 17.4. The van der Waals surface area contributed by atoms with Crippen LogP contribution >= 0.6 is 0 Å². The normalized spacial score (nSPS) is 11.3. The predicted octanol–water partition coefficient (Wildman–Crippen LogP) is 3.97. The van der Waals surface area contributed by atoms with Crippen molar-refractivity contribution in [2.45, 2.75) is 60.7 Å². The van der Waals surface area contributed by atoms with E-state index in [4.69, 9.17) is 4.74 Å². The van der Waals surface area contributed by atoms with E-state index >= 15 is 0 Å². The number of nitrogens with zero attached hydrogens (tertiary/aromatic N) is 2. The fraction of sp³-hybridized carbons (Fsp3) is 0.619. The molecule has 0 aliphatic carbocycles. The van der Waals surface area contributed by atoms with Gasteiger partial charge in [0, 0.05) is 37.3 Å². The highest BCUT2D eigenvalue weighted by molar-refractivity contribution is 6.00. The molecule has 0 saturated heterocycles. The average Bonchev–Trinajstić information content (AvgIpc) is 2.61. The molecule has 0 saturated carbocycles. The molecule has 146 valence electrons. The van der Waals surface area contributed by atoms with Gasteiger partial charge in [-0.15, -0.1) is 0 Å². The van der Waals surface area contributed by atoms with Gasteiger partial charge in [-0.2, -0.15) is 0 Å². The molecule has 0 atom stereocenters. The molecule has 0 spiro atoms. The van der Waals surface area contributed by atoms with E-state index in [0.717, 1.165) is 5.56 Å². The van der Waals surface area contributed by atoms with Gasteiger partial charge in [-0.25, -0.2) is 0 Å². The van der Waals surface area contributed by atoms with Crippen molar-refractivity contribution in [3.8, 4) is 0 Å². The highest BCUT2D eigenvalue weighted by Crippen LogP contribution is 2.18. The van der Waals surface area contributed by atoms with Gasteiger partial charge in [-0.05, 0) is 72.2 Å². The van der Waals surface area contributed by atoms with Crippen LogP contribution in [0.4, 0.5) is 0 Å². The first kappa shape index (κ1) is 22.2. The second-order valence-electron chi connectivity index (χ2n) is 7.27. The lowest BCUT2D eigenvalue weighted by Gasteiger charge is -2.23. The quantitative estimate of drug-likeness (QED) is 0.703. The average molecular weight is 363 g/mol. The zero-order chi connectivity index (χ0) is 19.9. The Hall–Kier alpha value is -1.88. The van der Waals surface area contributed by atoms with Crippen LogP contribution < -0.4 is 0 Å². The third-order valence-corrected chi connectivity index (χ3v) is 4.26. The highest BCUT2D eigenvalue weighted by atomic mass is 16.5. The van der Waals surface area contributed by atoms with Crippen molar-refractivity contribution in [1.29, 1.82) is 0 Å². The zero-order valence-corrected chi connectivity index (χ0v) is 17.4. The lowest BCUT2D eigenvalue weighted by Crippen LogP contribution is -2.32. The topological polar surface area (TPSA) is 49.9 Å². The second kappa shape index (κ2) is 9.72. The Morgan fingerprint density at radius 2 is 1.19 bits per heavy atom. The molecule has 0 radical (unpaired) electrons.